The van der Waals surface area contributed by atoms with Crippen LogP contribution in [0.2, 0.25) is 0 Å². The molecule has 0 spiro atoms. The zero-order valence-electron chi connectivity index (χ0n) is 16.3. The van der Waals surface area contributed by atoms with E-state index in [4.69, 9.17) is 4.52 Å². The lowest BCUT2D eigenvalue weighted by Crippen LogP contribution is -2.34. The minimum Gasteiger partial charge on any atom is -0.339 e. The van der Waals surface area contributed by atoms with Crippen LogP contribution in [-0.4, -0.2) is 59.1 Å². The van der Waals surface area contributed by atoms with Crippen molar-refractivity contribution in [1.82, 2.24) is 19.9 Å². The quantitative estimate of drug-likeness (QED) is 0.800. The molecule has 6 heteroatoms. The first kappa shape index (κ1) is 18.6. The maximum Gasteiger partial charge on any atom is 0.227 e. The third kappa shape index (κ3) is 4.39. The van der Waals surface area contributed by atoms with Crippen LogP contribution >= 0.6 is 0 Å². The highest BCUT2D eigenvalue weighted by atomic mass is 16.5. The first-order valence-corrected chi connectivity index (χ1v) is 9.92. The second-order valence-electron chi connectivity index (χ2n) is 7.44. The summed E-state index contributed by atoms with van der Waals surface area (Å²) in [5, 5.41) is 4.09. The predicted octanol–water partition coefficient (Wildman–Crippen LogP) is 3.04. The predicted molar refractivity (Wildman–Crippen MR) is 108 cm³/mol. The van der Waals surface area contributed by atoms with Gasteiger partial charge in [-0.05, 0) is 36.6 Å². The summed E-state index contributed by atoms with van der Waals surface area (Å²) in [6, 6.07) is 10.4. The van der Waals surface area contributed by atoms with Gasteiger partial charge in [-0.2, -0.15) is 4.98 Å². The zero-order chi connectivity index (χ0) is 19.3. The molecule has 0 aliphatic carbocycles. The molecule has 0 saturated heterocycles. The topological polar surface area (TPSA) is 62.5 Å². The molecule has 1 aromatic carbocycles. The highest BCUT2D eigenvalue weighted by Crippen LogP contribution is 2.23. The molecule has 0 bridgehead atoms. The highest BCUT2D eigenvalue weighted by molar-refractivity contribution is 5.78. The minimum atomic E-state index is 0.140. The van der Waals surface area contributed by atoms with Crippen molar-refractivity contribution < 1.29 is 9.32 Å². The molecule has 1 amide bonds. The summed E-state index contributed by atoms with van der Waals surface area (Å²) in [7, 11) is 2.10. The third-order valence-electron chi connectivity index (χ3n) is 5.43. The van der Waals surface area contributed by atoms with Crippen molar-refractivity contribution >= 4 is 17.1 Å². The summed E-state index contributed by atoms with van der Waals surface area (Å²) in [6.07, 6.45) is 7.02. The molecule has 2 aliphatic heterocycles. The SMILES string of the molecule is CN1CC=C(c2noc(CCC(=O)N3CC=C(c4ccccc4)CC3)n2)CC1. The molecule has 0 fully saturated rings. The summed E-state index contributed by atoms with van der Waals surface area (Å²) in [4.78, 5) is 21.2. The molecule has 0 atom stereocenters. The fourth-order valence-electron chi connectivity index (χ4n) is 3.64. The normalized spacial score (nSPS) is 18.0. The van der Waals surface area contributed by atoms with Crippen LogP contribution in [0.5, 0.6) is 0 Å². The number of hydrogen-bond donors (Lipinski definition) is 0. The summed E-state index contributed by atoms with van der Waals surface area (Å²) in [5.74, 6) is 1.35. The van der Waals surface area contributed by atoms with Gasteiger partial charge in [-0.1, -0.05) is 47.6 Å². The number of hydrogen-bond acceptors (Lipinski definition) is 5. The number of aromatic nitrogens is 2. The van der Waals surface area contributed by atoms with Crippen LogP contribution in [0, 0.1) is 0 Å². The van der Waals surface area contributed by atoms with Gasteiger partial charge in [0, 0.05) is 39.0 Å². The first-order chi connectivity index (χ1) is 13.7. The van der Waals surface area contributed by atoms with E-state index in [-0.39, 0.29) is 5.91 Å². The van der Waals surface area contributed by atoms with E-state index >= 15 is 0 Å². The molecule has 4 rings (SSSR count). The smallest absolute Gasteiger partial charge is 0.227 e. The number of carbonyl (C=O) groups is 1. The number of amides is 1. The van der Waals surface area contributed by atoms with E-state index in [0.717, 1.165) is 38.0 Å². The second-order valence-corrected chi connectivity index (χ2v) is 7.44. The van der Waals surface area contributed by atoms with E-state index in [1.54, 1.807) is 0 Å². The maximum atomic E-state index is 12.5. The van der Waals surface area contributed by atoms with E-state index in [9.17, 15) is 4.79 Å². The minimum absolute atomic E-state index is 0.140. The van der Waals surface area contributed by atoms with Gasteiger partial charge in [-0.25, -0.2) is 0 Å². The van der Waals surface area contributed by atoms with Gasteiger partial charge in [0.25, 0.3) is 0 Å². The molecular formula is C22H26N4O2. The Balaban J connectivity index is 1.29. The van der Waals surface area contributed by atoms with Gasteiger partial charge in [0.2, 0.25) is 11.8 Å². The Bertz CT molecular complexity index is 885. The first-order valence-electron chi connectivity index (χ1n) is 9.92. The summed E-state index contributed by atoms with van der Waals surface area (Å²) in [6.45, 7) is 3.33. The molecule has 0 saturated carbocycles. The van der Waals surface area contributed by atoms with Gasteiger partial charge in [0.1, 0.15) is 0 Å². The largest absolute Gasteiger partial charge is 0.339 e. The van der Waals surface area contributed by atoms with Crippen molar-refractivity contribution in [1.29, 1.82) is 0 Å². The molecule has 1 aromatic heterocycles. The molecule has 0 N–H and O–H groups in total. The molecule has 3 heterocycles. The van der Waals surface area contributed by atoms with Crippen molar-refractivity contribution in [2.75, 3.05) is 33.2 Å². The van der Waals surface area contributed by atoms with Gasteiger partial charge in [0.05, 0.1) is 0 Å². The maximum absolute atomic E-state index is 12.5. The fraction of sp³-hybridized carbons (Fsp3) is 0.409. The van der Waals surface area contributed by atoms with Crippen molar-refractivity contribution in [3.63, 3.8) is 0 Å². The van der Waals surface area contributed by atoms with Gasteiger partial charge in [-0.15, -0.1) is 0 Å². The average Bonchev–Trinajstić information content (AvgIpc) is 3.22. The highest BCUT2D eigenvalue weighted by Gasteiger charge is 2.20. The van der Waals surface area contributed by atoms with Gasteiger partial charge < -0.3 is 14.3 Å². The number of nitrogens with zero attached hydrogens (tertiary/aromatic N) is 4. The summed E-state index contributed by atoms with van der Waals surface area (Å²) >= 11 is 0. The lowest BCUT2D eigenvalue weighted by atomic mass is 9.99. The molecule has 2 aliphatic rings. The van der Waals surface area contributed by atoms with E-state index in [0.29, 0.717) is 31.1 Å². The molecular weight excluding hydrogens is 352 g/mol. The lowest BCUT2D eigenvalue weighted by molar-refractivity contribution is -0.130. The van der Waals surface area contributed by atoms with Gasteiger partial charge >= 0.3 is 0 Å². The van der Waals surface area contributed by atoms with Crippen LogP contribution in [0.3, 0.4) is 0 Å². The Hall–Kier alpha value is -2.73. The Morgan fingerprint density at radius 2 is 1.86 bits per heavy atom. The Kier molecular flexibility index (Phi) is 5.67. The monoisotopic (exact) mass is 378 g/mol. The van der Waals surface area contributed by atoms with Crippen molar-refractivity contribution in [3.8, 4) is 0 Å². The van der Waals surface area contributed by atoms with Crippen LogP contribution in [0.4, 0.5) is 0 Å². The second kappa shape index (κ2) is 8.52. The van der Waals surface area contributed by atoms with Crippen LogP contribution in [-0.2, 0) is 11.2 Å². The van der Waals surface area contributed by atoms with Crippen molar-refractivity contribution in [2.45, 2.75) is 25.7 Å². The van der Waals surface area contributed by atoms with Crippen LogP contribution in [0.15, 0.2) is 47.0 Å². The van der Waals surface area contributed by atoms with Gasteiger partial charge in [-0.3, -0.25) is 4.79 Å². The average molecular weight is 378 g/mol. The number of carbonyl (C=O) groups excluding carboxylic acids is 1. The van der Waals surface area contributed by atoms with Crippen LogP contribution < -0.4 is 0 Å². The number of rotatable bonds is 5. The Labute approximate surface area is 165 Å². The van der Waals surface area contributed by atoms with Crippen LogP contribution in [0.25, 0.3) is 11.1 Å². The standard InChI is InChI=1S/C22H26N4O2/c1-25-13-9-19(10-14-25)22-23-20(28-24-22)7-8-21(27)26-15-11-18(12-16-26)17-5-3-2-4-6-17/h2-6,9,11H,7-8,10,12-16H2,1H3. The number of aryl methyl sites for hydroxylation is 1. The molecule has 146 valence electrons. The molecule has 28 heavy (non-hydrogen) atoms. The molecule has 6 nitrogen and oxygen atoms in total. The van der Waals surface area contributed by atoms with Crippen molar-refractivity contribution in [3.05, 3.63) is 59.8 Å². The van der Waals surface area contributed by atoms with Gasteiger partial charge in [0.15, 0.2) is 5.82 Å². The molecule has 0 unspecified atom stereocenters. The molecule has 2 aromatic rings. The number of likely N-dealkylation sites (N-methyl/N-ethyl adjacent to an activating group) is 1. The zero-order valence-corrected chi connectivity index (χ0v) is 16.3. The van der Waals surface area contributed by atoms with Crippen molar-refractivity contribution in [2.24, 2.45) is 0 Å². The summed E-state index contributed by atoms with van der Waals surface area (Å²) < 4.78 is 5.36. The van der Waals surface area contributed by atoms with E-state index in [2.05, 4.69) is 46.4 Å². The van der Waals surface area contributed by atoms with E-state index < -0.39 is 0 Å². The Morgan fingerprint density at radius 3 is 2.57 bits per heavy atom. The molecule has 0 radical (unpaired) electrons. The fourth-order valence-corrected chi connectivity index (χ4v) is 3.64. The lowest BCUT2D eigenvalue weighted by Gasteiger charge is -2.26. The Morgan fingerprint density at radius 1 is 1.07 bits per heavy atom. The summed E-state index contributed by atoms with van der Waals surface area (Å²) in [5.41, 5.74) is 3.70. The van der Waals surface area contributed by atoms with E-state index in [1.807, 2.05) is 23.1 Å². The van der Waals surface area contributed by atoms with Crippen LogP contribution in [0.1, 0.15) is 36.5 Å². The van der Waals surface area contributed by atoms with E-state index in [1.165, 1.54) is 11.1 Å². The third-order valence-corrected chi connectivity index (χ3v) is 5.43. The number of benzene rings is 1.